The van der Waals surface area contributed by atoms with E-state index in [1.807, 2.05) is 7.05 Å². The summed E-state index contributed by atoms with van der Waals surface area (Å²) in [6.45, 7) is 7.54. The average Bonchev–Trinajstić information content (AvgIpc) is 2.23. The van der Waals surface area contributed by atoms with Gasteiger partial charge in [-0.25, -0.2) is 0 Å². The van der Waals surface area contributed by atoms with Crippen LogP contribution in [0.25, 0.3) is 0 Å². The highest BCUT2D eigenvalue weighted by Crippen LogP contribution is 2.06. The van der Waals surface area contributed by atoms with Crippen molar-refractivity contribution in [3.63, 3.8) is 0 Å². The molecule has 0 saturated heterocycles. The second kappa shape index (κ2) is 10.4. The van der Waals surface area contributed by atoms with Gasteiger partial charge in [-0.1, -0.05) is 32.6 Å². The standard InChI is InChI=1S/C13H29NO/c1-5-6-7-8-9-10-15-13(3)11-12(2)14-4/h12-14H,5-11H2,1-4H3. The molecule has 0 bridgehead atoms. The van der Waals surface area contributed by atoms with Crippen molar-refractivity contribution in [2.45, 2.75) is 71.4 Å². The zero-order valence-electron chi connectivity index (χ0n) is 11.0. The smallest absolute Gasteiger partial charge is 0.0561 e. The fourth-order valence-corrected chi connectivity index (χ4v) is 1.67. The largest absolute Gasteiger partial charge is 0.378 e. The fourth-order valence-electron chi connectivity index (χ4n) is 1.67. The van der Waals surface area contributed by atoms with E-state index in [2.05, 4.69) is 26.1 Å². The summed E-state index contributed by atoms with van der Waals surface area (Å²) < 4.78 is 5.75. The lowest BCUT2D eigenvalue weighted by atomic mass is 10.1. The van der Waals surface area contributed by atoms with Gasteiger partial charge in [0.1, 0.15) is 0 Å². The van der Waals surface area contributed by atoms with Crippen LogP contribution < -0.4 is 5.32 Å². The third kappa shape index (κ3) is 10.2. The van der Waals surface area contributed by atoms with Crippen LogP contribution in [0.3, 0.4) is 0 Å². The van der Waals surface area contributed by atoms with Gasteiger partial charge in [0.05, 0.1) is 6.10 Å². The first-order chi connectivity index (χ1) is 7.20. The summed E-state index contributed by atoms with van der Waals surface area (Å²) in [5.41, 5.74) is 0. The molecule has 0 fully saturated rings. The van der Waals surface area contributed by atoms with Gasteiger partial charge in [-0.05, 0) is 33.7 Å². The Morgan fingerprint density at radius 3 is 2.33 bits per heavy atom. The Morgan fingerprint density at radius 1 is 1.07 bits per heavy atom. The molecule has 0 saturated carbocycles. The van der Waals surface area contributed by atoms with E-state index in [0.29, 0.717) is 12.1 Å². The monoisotopic (exact) mass is 215 g/mol. The number of ether oxygens (including phenoxy) is 1. The van der Waals surface area contributed by atoms with Crippen LogP contribution in [-0.4, -0.2) is 25.8 Å². The molecule has 92 valence electrons. The van der Waals surface area contributed by atoms with Gasteiger partial charge in [-0.3, -0.25) is 0 Å². The second-order valence-electron chi connectivity index (χ2n) is 4.52. The highest BCUT2D eigenvalue weighted by Gasteiger charge is 2.06. The minimum absolute atomic E-state index is 0.388. The maximum atomic E-state index is 5.75. The summed E-state index contributed by atoms with van der Waals surface area (Å²) in [6, 6.07) is 0.556. The number of hydrogen-bond acceptors (Lipinski definition) is 2. The molecular weight excluding hydrogens is 186 g/mol. The lowest BCUT2D eigenvalue weighted by Gasteiger charge is -2.17. The zero-order chi connectivity index (χ0) is 11.5. The third-order valence-electron chi connectivity index (χ3n) is 2.83. The first kappa shape index (κ1) is 14.9. The van der Waals surface area contributed by atoms with Crippen LogP contribution in [0.5, 0.6) is 0 Å². The van der Waals surface area contributed by atoms with E-state index in [1.54, 1.807) is 0 Å². The van der Waals surface area contributed by atoms with Crippen molar-refractivity contribution in [2.75, 3.05) is 13.7 Å². The van der Waals surface area contributed by atoms with Crippen molar-refractivity contribution in [2.24, 2.45) is 0 Å². The van der Waals surface area contributed by atoms with Gasteiger partial charge in [0.25, 0.3) is 0 Å². The molecule has 2 heteroatoms. The average molecular weight is 215 g/mol. The van der Waals surface area contributed by atoms with E-state index in [9.17, 15) is 0 Å². The van der Waals surface area contributed by atoms with Crippen LogP contribution in [0.15, 0.2) is 0 Å². The maximum absolute atomic E-state index is 5.75. The lowest BCUT2D eigenvalue weighted by molar-refractivity contribution is 0.0521. The van der Waals surface area contributed by atoms with Crippen LogP contribution in [0.2, 0.25) is 0 Å². The summed E-state index contributed by atoms with van der Waals surface area (Å²) in [5, 5.41) is 3.23. The molecule has 2 unspecified atom stereocenters. The summed E-state index contributed by atoms with van der Waals surface area (Å²) in [6.07, 6.45) is 8.08. The molecule has 0 rings (SSSR count). The van der Waals surface area contributed by atoms with Gasteiger partial charge in [0.2, 0.25) is 0 Å². The summed E-state index contributed by atoms with van der Waals surface area (Å²) in [7, 11) is 2.00. The molecule has 0 spiro atoms. The van der Waals surface area contributed by atoms with Gasteiger partial charge in [0, 0.05) is 12.6 Å². The normalized spacial score (nSPS) is 15.2. The number of hydrogen-bond donors (Lipinski definition) is 1. The number of nitrogens with one attached hydrogen (secondary N) is 1. The van der Waals surface area contributed by atoms with Crippen molar-refractivity contribution in [1.29, 1.82) is 0 Å². The van der Waals surface area contributed by atoms with Gasteiger partial charge in [-0.2, -0.15) is 0 Å². The molecular formula is C13H29NO. The van der Waals surface area contributed by atoms with Gasteiger partial charge in [0.15, 0.2) is 0 Å². The topological polar surface area (TPSA) is 21.3 Å². The second-order valence-corrected chi connectivity index (χ2v) is 4.52. The SMILES string of the molecule is CCCCCCCOC(C)CC(C)NC. The Balaban J connectivity index is 3.20. The summed E-state index contributed by atoms with van der Waals surface area (Å²) in [5.74, 6) is 0. The van der Waals surface area contributed by atoms with Gasteiger partial charge in [-0.15, -0.1) is 0 Å². The molecule has 0 heterocycles. The Morgan fingerprint density at radius 2 is 1.73 bits per heavy atom. The predicted octanol–water partition coefficient (Wildman–Crippen LogP) is 3.36. The van der Waals surface area contributed by atoms with E-state index in [4.69, 9.17) is 4.74 Å². The molecule has 15 heavy (non-hydrogen) atoms. The van der Waals surface area contributed by atoms with E-state index in [1.165, 1.54) is 32.1 Å². The molecule has 0 radical (unpaired) electrons. The van der Waals surface area contributed by atoms with Gasteiger partial charge < -0.3 is 10.1 Å². The quantitative estimate of drug-likeness (QED) is 0.564. The van der Waals surface area contributed by atoms with Crippen LogP contribution >= 0.6 is 0 Å². The predicted molar refractivity (Wildman–Crippen MR) is 67.3 cm³/mol. The highest BCUT2D eigenvalue weighted by atomic mass is 16.5. The molecule has 1 N–H and O–H groups in total. The fraction of sp³-hybridized carbons (Fsp3) is 1.00. The number of rotatable bonds is 10. The van der Waals surface area contributed by atoms with E-state index in [0.717, 1.165) is 13.0 Å². The molecule has 0 aromatic heterocycles. The Labute approximate surface area is 95.8 Å². The Kier molecular flexibility index (Phi) is 10.4. The first-order valence-electron chi connectivity index (χ1n) is 6.49. The lowest BCUT2D eigenvalue weighted by Crippen LogP contribution is -2.26. The van der Waals surface area contributed by atoms with Crippen molar-refractivity contribution < 1.29 is 4.74 Å². The van der Waals surface area contributed by atoms with Crippen LogP contribution in [0.4, 0.5) is 0 Å². The van der Waals surface area contributed by atoms with Crippen molar-refractivity contribution >= 4 is 0 Å². The van der Waals surface area contributed by atoms with Crippen molar-refractivity contribution in [1.82, 2.24) is 5.32 Å². The number of unbranched alkanes of at least 4 members (excludes halogenated alkanes) is 4. The van der Waals surface area contributed by atoms with Crippen molar-refractivity contribution in [3.05, 3.63) is 0 Å². The minimum Gasteiger partial charge on any atom is -0.378 e. The molecule has 2 nitrogen and oxygen atoms in total. The molecule has 0 aliphatic heterocycles. The van der Waals surface area contributed by atoms with Crippen molar-refractivity contribution in [3.8, 4) is 0 Å². The zero-order valence-corrected chi connectivity index (χ0v) is 11.0. The third-order valence-corrected chi connectivity index (χ3v) is 2.83. The van der Waals surface area contributed by atoms with Crippen LogP contribution in [0.1, 0.15) is 59.3 Å². The van der Waals surface area contributed by atoms with E-state index < -0.39 is 0 Å². The molecule has 0 aliphatic carbocycles. The maximum Gasteiger partial charge on any atom is 0.0561 e. The summed E-state index contributed by atoms with van der Waals surface area (Å²) >= 11 is 0. The molecule has 2 atom stereocenters. The molecule has 0 aromatic rings. The van der Waals surface area contributed by atoms with Crippen LogP contribution in [0, 0.1) is 0 Å². The van der Waals surface area contributed by atoms with E-state index in [-0.39, 0.29) is 0 Å². The molecule has 0 amide bonds. The van der Waals surface area contributed by atoms with Crippen LogP contribution in [-0.2, 0) is 4.74 Å². The highest BCUT2D eigenvalue weighted by molar-refractivity contribution is 4.62. The van der Waals surface area contributed by atoms with Gasteiger partial charge >= 0.3 is 0 Å². The summed E-state index contributed by atoms with van der Waals surface area (Å²) in [4.78, 5) is 0. The molecule has 0 aliphatic rings. The molecule has 0 aromatic carbocycles. The van der Waals surface area contributed by atoms with E-state index >= 15 is 0 Å². The Bertz CT molecular complexity index is 128. The first-order valence-corrected chi connectivity index (χ1v) is 6.49. The minimum atomic E-state index is 0.388. The Hall–Kier alpha value is -0.0800.